The molecule has 0 aromatic heterocycles. The van der Waals surface area contributed by atoms with Crippen LogP contribution in [0.5, 0.6) is 0 Å². The molecule has 0 aromatic carbocycles. The van der Waals surface area contributed by atoms with E-state index in [9.17, 15) is 9.59 Å². The molecule has 5 heteroatoms. The van der Waals surface area contributed by atoms with Crippen LogP contribution in [0.25, 0.3) is 0 Å². The van der Waals surface area contributed by atoms with Gasteiger partial charge in [0.2, 0.25) is 0 Å². The van der Waals surface area contributed by atoms with Crippen molar-refractivity contribution in [1.29, 1.82) is 0 Å². The van der Waals surface area contributed by atoms with E-state index in [1.54, 1.807) is 0 Å². The molecule has 1 saturated heterocycles. The molecule has 27 heavy (non-hydrogen) atoms. The summed E-state index contributed by atoms with van der Waals surface area (Å²) in [6, 6.07) is 0.245. The van der Waals surface area contributed by atoms with E-state index in [1.807, 2.05) is 20.8 Å². The van der Waals surface area contributed by atoms with Gasteiger partial charge in [0.1, 0.15) is 5.54 Å². The van der Waals surface area contributed by atoms with Crippen molar-refractivity contribution in [1.82, 2.24) is 15.5 Å². The van der Waals surface area contributed by atoms with Gasteiger partial charge in [0, 0.05) is 31.6 Å². The molecule has 0 spiro atoms. The van der Waals surface area contributed by atoms with Gasteiger partial charge in [-0.15, -0.1) is 0 Å². The van der Waals surface area contributed by atoms with Gasteiger partial charge in [0.15, 0.2) is 11.6 Å². The normalized spacial score (nSPS) is 33.4. The molecular weight excluding hydrogens is 338 g/mol. The molecule has 154 valence electrons. The van der Waals surface area contributed by atoms with Crippen LogP contribution in [0.4, 0.5) is 0 Å². The van der Waals surface area contributed by atoms with Gasteiger partial charge in [-0.1, -0.05) is 38.8 Å². The van der Waals surface area contributed by atoms with Gasteiger partial charge in [-0.05, 0) is 40.0 Å². The Morgan fingerprint density at radius 1 is 1.15 bits per heavy atom. The number of hydrogen-bond acceptors (Lipinski definition) is 5. The summed E-state index contributed by atoms with van der Waals surface area (Å²) in [5.74, 6) is 0.351. The lowest BCUT2D eigenvalue weighted by molar-refractivity contribution is -0.136. The van der Waals surface area contributed by atoms with Crippen molar-refractivity contribution in [3.8, 4) is 0 Å². The third-order valence-corrected chi connectivity index (χ3v) is 5.87. The fraction of sp³-hybridized carbons (Fsp3) is 0.818. The van der Waals surface area contributed by atoms with E-state index in [2.05, 4.69) is 41.5 Å². The molecule has 1 atom stereocenters. The number of fused-ring (bicyclic) bond motifs is 10. The molecule has 3 aliphatic rings. The zero-order valence-corrected chi connectivity index (χ0v) is 17.9. The topological polar surface area (TPSA) is 61.4 Å². The molecule has 0 saturated carbocycles. The van der Waals surface area contributed by atoms with E-state index in [4.69, 9.17) is 0 Å². The zero-order valence-electron chi connectivity index (χ0n) is 17.9. The van der Waals surface area contributed by atoms with Gasteiger partial charge in [0.25, 0.3) is 0 Å². The lowest BCUT2D eigenvalue weighted by atomic mass is 9.79. The van der Waals surface area contributed by atoms with E-state index < -0.39 is 11.1 Å². The summed E-state index contributed by atoms with van der Waals surface area (Å²) in [6.07, 6.45) is 9.75. The molecule has 3 aliphatic heterocycles. The highest BCUT2D eigenvalue weighted by atomic mass is 16.1. The Bertz CT molecular complexity index is 550. The SMILES string of the molecule is CC(C)N[C@]1(C)CCCCCC=CCN2CC(C(=O)C(C)C)(C2)NCC1=O. The summed E-state index contributed by atoms with van der Waals surface area (Å²) in [4.78, 5) is 28.3. The molecule has 2 N–H and O–H groups in total. The van der Waals surface area contributed by atoms with Crippen molar-refractivity contribution < 1.29 is 9.59 Å². The first-order valence-electron chi connectivity index (χ1n) is 10.7. The summed E-state index contributed by atoms with van der Waals surface area (Å²) in [5, 5.41) is 6.88. The first-order chi connectivity index (χ1) is 12.7. The highest BCUT2D eigenvalue weighted by Gasteiger charge is 2.49. The van der Waals surface area contributed by atoms with Crippen LogP contribution >= 0.6 is 0 Å². The molecular formula is C22H39N3O2. The molecule has 0 amide bonds. The van der Waals surface area contributed by atoms with E-state index in [1.165, 1.54) is 0 Å². The summed E-state index contributed by atoms with van der Waals surface area (Å²) < 4.78 is 0. The maximum absolute atomic E-state index is 13.1. The molecule has 3 heterocycles. The maximum atomic E-state index is 13.1. The third-order valence-electron chi connectivity index (χ3n) is 5.87. The van der Waals surface area contributed by atoms with Crippen LogP contribution in [-0.4, -0.2) is 59.8 Å². The average Bonchev–Trinajstić information content (AvgIpc) is 2.56. The van der Waals surface area contributed by atoms with Gasteiger partial charge >= 0.3 is 0 Å². The Labute approximate surface area is 165 Å². The molecule has 1 fully saturated rings. The van der Waals surface area contributed by atoms with E-state index in [0.29, 0.717) is 13.1 Å². The summed E-state index contributed by atoms with van der Waals surface area (Å²) in [7, 11) is 0. The smallest absolute Gasteiger partial charge is 0.166 e. The molecule has 0 aliphatic carbocycles. The van der Waals surface area contributed by atoms with Crippen molar-refractivity contribution in [3.05, 3.63) is 12.2 Å². The zero-order chi connectivity index (χ0) is 20.1. The minimum Gasteiger partial charge on any atom is -0.303 e. The number of allylic oxidation sites excluding steroid dienone is 1. The number of carbonyl (C=O) groups excluding carboxylic acids is 2. The van der Waals surface area contributed by atoms with Crippen LogP contribution < -0.4 is 10.6 Å². The highest BCUT2D eigenvalue weighted by Crippen LogP contribution is 2.26. The second kappa shape index (κ2) is 9.44. The van der Waals surface area contributed by atoms with Crippen LogP contribution in [0.15, 0.2) is 12.2 Å². The number of rotatable bonds is 4. The van der Waals surface area contributed by atoms with Crippen molar-refractivity contribution >= 4 is 11.6 Å². The minimum atomic E-state index is -0.573. The van der Waals surface area contributed by atoms with Gasteiger partial charge < -0.3 is 5.32 Å². The van der Waals surface area contributed by atoms with Crippen LogP contribution in [-0.2, 0) is 9.59 Å². The molecule has 0 aromatic rings. The summed E-state index contributed by atoms with van der Waals surface area (Å²) in [5.41, 5.74) is -1.11. The standard InChI is InChI=1S/C22H39N3O2/c1-17(2)20(27)22-15-25(16-22)13-11-9-7-6-8-10-12-21(5,24-18(3)4)19(26)14-23-22/h9,11,17-18,23-24H,6-8,10,12-16H2,1-5H3/t21-/m1/s1. The molecule has 2 bridgehead atoms. The number of Topliss-reactive ketones (excluding diaryl/α,β-unsaturated/α-hetero) is 2. The van der Waals surface area contributed by atoms with Crippen molar-refractivity contribution in [2.75, 3.05) is 26.2 Å². The number of hydrogen-bond donors (Lipinski definition) is 2. The van der Waals surface area contributed by atoms with Crippen LogP contribution in [0.1, 0.15) is 66.7 Å². The van der Waals surface area contributed by atoms with Crippen LogP contribution in [0.3, 0.4) is 0 Å². The number of nitrogens with zero attached hydrogens (tertiary/aromatic N) is 1. The molecule has 0 radical (unpaired) electrons. The van der Waals surface area contributed by atoms with Gasteiger partial charge in [-0.25, -0.2) is 0 Å². The maximum Gasteiger partial charge on any atom is 0.166 e. The quantitative estimate of drug-likeness (QED) is 0.738. The summed E-state index contributed by atoms with van der Waals surface area (Å²) in [6.45, 7) is 12.6. The summed E-state index contributed by atoms with van der Waals surface area (Å²) >= 11 is 0. The average molecular weight is 378 g/mol. The van der Waals surface area contributed by atoms with Crippen molar-refractivity contribution in [2.24, 2.45) is 5.92 Å². The molecule has 0 unspecified atom stereocenters. The second-order valence-electron chi connectivity index (χ2n) is 9.25. The fourth-order valence-electron chi connectivity index (χ4n) is 4.39. The Balaban J connectivity index is 2.17. The van der Waals surface area contributed by atoms with Crippen LogP contribution in [0, 0.1) is 5.92 Å². The predicted octanol–water partition coefficient (Wildman–Crippen LogP) is 2.70. The third kappa shape index (κ3) is 5.72. The monoisotopic (exact) mass is 377 g/mol. The van der Waals surface area contributed by atoms with Crippen molar-refractivity contribution in [2.45, 2.75) is 83.8 Å². The Morgan fingerprint density at radius 2 is 1.85 bits per heavy atom. The second-order valence-corrected chi connectivity index (χ2v) is 9.25. The lowest BCUT2D eigenvalue weighted by Crippen LogP contribution is -2.74. The van der Waals surface area contributed by atoms with Gasteiger partial charge in [0.05, 0.1) is 12.1 Å². The Morgan fingerprint density at radius 3 is 2.48 bits per heavy atom. The van der Waals surface area contributed by atoms with Crippen molar-refractivity contribution in [3.63, 3.8) is 0 Å². The number of nitrogens with one attached hydrogen (secondary N) is 2. The molecule has 5 nitrogen and oxygen atoms in total. The predicted molar refractivity (Wildman–Crippen MR) is 111 cm³/mol. The van der Waals surface area contributed by atoms with Crippen LogP contribution in [0.2, 0.25) is 0 Å². The highest BCUT2D eigenvalue weighted by molar-refractivity contribution is 5.94. The largest absolute Gasteiger partial charge is 0.303 e. The van der Waals surface area contributed by atoms with E-state index in [-0.39, 0.29) is 30.1 Å². The first-order valence-corrected chi connectivity index (χ1v) is 10.7. The Hall–Kier alpha value is -1.04. The Kier molecular flexibility index (Phi) is 7.78. The van der Waals surface area contributed by atoms with Gasteiger partial charge in [-0.2, -0.15) is 0 Å². The van der Waals surface area contributed by atoms with E-state index in [0.717, 1.165) is 38.6 Å². The number of ketones is 2. The minimum absolute atomic E-state index is 0.0347. The first kappa shape index (κ1) is 22.3. The molecule has 3 rings (SSSR count). The number of carbonyl (C=O) groups is 2. The lowest BCUT2D eigenvalue weighted by Gasteiger charge is -2.50. The fourth-order valence-corrected chi connectivity index (χ4v) is 4.39. The van der Waals surface area contributed by atoms with E-state index >= 15 is 0 Å². The van der Waals surface area contributed by atoms with Gasteiger partial charge in [-0.3, -0.25) is 19.8 Å².